The van der Waals surface area contributed by atoms with E-state index in [9.17, 15) is 44.4 Å². The van der Waals surface area contributed by atoms with E-state index < -0.39 is 29.8 Å². The molecule has 15 nitrogen and oxygen atoms in total. The van der Waals surface area contributed by atoms with Gasteiger partial charge in [-0.05, 0) is 139 Å². The molecule has 6 aromatic carbocycles. The topological polar surface area (TPSA) is 227 Å². The van der Waals surface area contributed by atoms with Gasteiger partial charge < -0.3 is 40.0 Å². The Labute approximate surface area is 322 Å². The van der Waals surface area contributed by atoms with Gasteiger partial charge in [0.2, 0.25) is 0 Å². The lowest BCUT2D eigenvalue weighted by molar-refractivity contribution is 0.0677. The second-order valence-corrected chi connectivity index (χ2v) is 12.0. The van der Waals surface area contributed by atoms with E-state index in [0.717, 1.165) is 18.2 Å². The van der Waals surface area contributed by atoms with E-state index in [1.54, 1.807) is 97.1 Å². The summed E-state index contributed by atoms with van der Waals surface area (Å²) in [5.74, 6) is -2.70. The summed E-state index contributed by atoms with van der Waals surface area (Å²) in [6.07, 6.45) is 0. The van der Waals surface area contributed by atoms with Crippen LogP contribution in [-0.2, 0) is 11.4 Å². The fourth-order valence-electron chi connectivity index (χ4n) is 5.26. The van der Waals surface area contributed by atoms with Gasteiger partial charge in [-0.2, -0.15) is 0 Å². The third-order valence-electron chi connectivity index (χ3n) is 8.06. The first-order valence-corrected chi connectivity index (χ1v) is 16.7. The molecule has 0 aliphatic carbocycles. The number of hydrogen-bond donors (Lipinski definition) is 6. The monoisotopic (exact) mass is 770 g/mol. The lowest BCUT2D eigenvalue weighted by atomic mass is 10.0. The van der Waals surface area contributed by atoms with Crippen LogP contribution in [0.3, 0.4) is 0 Å². The van der Waals surface area contributed by atoms with Crippen LogP contribution in [0.5, 0.6) is 34.5 Å². The summed E-state index contributed by atoms with van der Waals surface area (Å²) in [6, 6.07) is 33.8. The first-order valence-electron chi connectivity index (χ1n) is 16.7. The predicted molar refractivity (Wildman–Crippen MR) is 203 cm³/mol. The lowest BCUT2D eigenvalue weighted by Gasteiger charge is -2.12. The Hall–Kier alpha value is -8.17. The first kappa shape index (κ1) is 38.6. The molecule has 6 rings (SSSR count). The molecule has 0 saturated carbocycles. The molecule has 0 atom stereocenters. The molecule has 6 N–H and O–H groups in total. The van der Waals surface area contributed by atoms with Crippen LogP contribution >= 0.6 is 0 Å². The highest BCUT2D eigenvalue weighted by Gasteiger charge is 2.20. The van der Waals surface area contributed by atoms with Crippen molar-refractivity contribution in [2.75, 3.05) is 10.8 Å². The Morgan fingerprint density at radius 1 is 0.421 bits per heavy atom. The Balaban J connectivity index is 0.970. The number of carbonyl (C=O) groups is 5. The lowest BCUT2D eigenvalue weighted by Crippen LogP contribution is -2.17. The van der Waals surface area contributed by atoms with E-state index in [0.29, 0.717) is 45.9 Å². The quantitative estimate of drug-likeness (QED) is 0.0506. The van der Waals surface area contributed by atoms with E-state index in [2.05, 4.69) is 10.8 Å². The van der Waals surface area contributed by atoms with Gasteiger partial charge in [0.05, 0.1) is 33.5 Å². The van der Waals surface area contributed by atoms with Crippen LogP contribution in [0.25, 0.3) is 0 Å². The van der Waals surface area contributed by atoms with Crippen molar-refractivity contribution in [2.24, 2.45) is 0 Å². The minimum absolute atomic E-state index is 0.0531. The molecule has 0 aliphatic rings. The summed E-state index contributed by atoms with van der Waals surface area (Å²) >= 11 is 0. The van der Waals surface area contributed by atoms with Crippen LogP contribution in [0, 0.1) is 0 Å². The third kappa shape index (κ3) is 10.1. The van der Waals surface area contributed by atoms with E-state index in [-0.39, 0.29) is 40.0 Å². The number of ether oxygens (including phenoxy) is 3. The zero-order chi connectivity index (χ0) is 40.5. The number of nitrogens with one attached hydrogen (secondary N) is 2. The standard InChI is InChI=1S/C42H30N2O13/c45-38(37-22-25(40(48)49)2-20-36(37)42(52)53)43-27-3-7-29(8-4-27)55-31-11-15-33(16-12-31)57-34-17-13-32(14-18-34)56-30-9-5-28(6-10-30)44-54-23-26-21-24(39(46)47)1-19-35(26)41(50)51/h1-22,44H,23H2,(H,43,45)(H,46,47)(H,48,49)(H,50,51)(H,52,53). The molecule has 0 heterocycles. The van der Waals surface area contributed by atoms with Crippen molar-refractivity contribution in [2.45, 2.75) is 6.61 Å². The molecule has 0 bridgehead atoms. The summed E-state index contributed by atoms with van der Waals surface area (Å²) in [7, 11) is 0. The van der Waals surface area contributed by atoms with Gasteiger partial charge in [-0.15, -0.1) is 0 Å². The van der Waals surface area contributed by atoms with Gasteiger partial charge in [-0.1, -0.05) is 0 Å². The maximum atomic E-state index is 12.8. The molecule has 0 unspecified atom stereocenters. The van der Waals surface area contributed by atoms with Crippen molar-refractivity contribution in [3.05, 3.63) is 167 Å². The Morgan fingerprint density at radius 3 is 1.23 bits per heavy atom. The minimum Gasteiger partial charge on any atom is -0.478 e. The number of carboxylic acid groups (broad SMARTS) is 4. The highest BCUT2D eigenvalue weighted by atomic mass is 16.6. The van der Waals surface area contributed by atoms with Crippen LogP contribution in [0.2, 0.25) is 0 Å². The zero-order valence-corrected chi connectivity index (χ0v) is 29.4. The molecule has 0 fully saturated rings. The molecular formula is C42H30N2O13. The number of carboxylic acids is 4. The molecule has 286 valence electrons. The van der Waals surface area contributed by atoms with Crippen LogP contribution < -0.4 is 25.0 Å². The Kier molecular flexibility index (Phi) is 11.7. The molecule has 0 radical (unpaired) electrons. The molecule has 0 saturated heterocycles. The van der Waals surface area contributed by atoms with E-state index in [1.807, 2.05) is 0 Å². The van der Waals surface area contributed by atoms with Gasteiger partial charge >= 0.3 is 23.9 Å². The largest absolute Gasteiger partial charge is 0.478 e. The average Bonchev–Trinajstić information content (AvgIpc) is 3.20. The fourth-order valence-corrected chi connectivity index (χ4v) is 5.26. The molecule has 57 heavy (non-hydrogen) atoms. The molecular weight excluding hydrogens is 740 g/mol. The van der Waals surface area contributed by atoms with E-state index in [4.69, 9.17) is 19.0 Å². The number of hydrogen-bond acceptors (Lipinski definition) is 10. The van der Waals surface area contributed by atoms with Gasteiger partial charge in [-0.25, -0.2) is 19.2 Å². The first-order chi connectivity index (χ1) is 27.4. The SMILES string of the molecule is O=C(O)c1ccc(C(=O)O)c(CONc2ccc(Oc3ccc(Oc4ccc(Oc5ccc(NC(=O)c6cc(C(=O)O)ccc6C(=O)O)cc5)cc4)cc3)cc2)c1. The number of benzene rings is 6. The highest BCUT2D eigenvalue weighted by Crippen LogP contribution is 2.30. The average molecular weight is 771 g/mol. The minimum atomic E-state index is -1.37. The molecule has 0 aromatic heterocycles. The van der Waals surface area contributed by atoms with Crippen molar-refractivity contribution in [1.29, 1.82) is 0 Å². The maximum absolute atomic E-state index is 12.8. The normalized spacial score (nSPS) is 10.5. The van der Waals surface area contributed by atoms with Gasteiger partial charge in [-0.3, -0.25) is 15.1 Å². The van der Waals surface area contributed by atoms with Crippen LogP contribution in [-0.4, -0.2) is 50.2 Å². The van der Waals surface area contributed by atoms with Gasteiger partial charge in [0.25, 0.3) is 5.91 Å². The van der Waals surface area contributed by atoms with Crippen LogP contribution in [0.1, 0.15) is 57.4 Å². The Morgan fingerprint density at radius 2 is 0.807 bits per heavy atom. The summed E-state index contributed by atoms with van der Waals surface area (Å²) in [4.78, 5) is 63.9. The summed E-state index contributed by atoms with van der Waals surface area (Å²) in [5.41, 5.74) is 2.83. The summed E-state index contributed by atoms with van der Waals surface area (Å²) in [5, 5.41) is 39.8. The van der Waals surface area contributed by atoms with Gasteiger partial charge in [0.15, 0.2) is 0 Å². The molecule has 15 heteroatoms. The number of amides is 1. The third-order valence-corrected chi connectivity index (χ3v) is 8.06. The fraction of sp³-hybridized carbons (Fsp3) is 0.0238. The molecule has 1 amide bonds. The van der Waals surface area contributed by atoms with Crippen molar-refractivity contribution < 1.29 is 63.4 Å². The van der Waals surface area contributed by atoms with Crippen molar-refractivity contribution in [1.82, 2.24) is 0 Å². The van der Waals surface area contributed by atoms with Crippen molar-refractivity contribution in [3.63, 3.8) is 0 Å². The molecule has 0 spiro atoms. The number of carbonyl (C=O) groups excluding carboxylic acids is 1. The number of rotatable bonds is 16. The van der Waals surface area contributed by atoms with Crippen molar-refractivity contribution in [3.8, 4) is 34.5 Å². The van der Waals surface area contributed by atoms with Crippen LogP contribution in [0.4, 0.5) is 11.4 Å². The molecule has 0 aliphatic heterocycles. The van der Waals surface area contributed by atoms with E-state index >= 15 is 0 Å². The van der Waals surface area contributed by atoms with Crippen LogP contribution in [0.15, 0.2) is 133 Å². The number of aromatic carboxylic acids is 4. The smallest absolute Gasteiger partial charge is 0.336 e. The van der Waals surface area contributed by atoms with Gasteiger partial charge in [0, 0.05) is 5.69 Å². The number of anilines is 2. The summed E-state index contributed by atoms with van der Waals surface area (Å²) < 4.78 is 17.7. The summed E-state index contributed by atoms with van der Waals surface area (Å²) in [6.45, 7) is -0.190. The van der Waals surface area contributed by atoms with Crippen molar-refractivity contribution >= 4 is 41.2 Å². The Bertz CT molecular complexity index is 2450. The van der Waals surface area contributed by atoms with Gasteiger partial charge in [0.1, 0.15) is 41.1 Å². The highest BCUT2D eigenvalue weighted by molar-refractivity contribution is 6.11. The second kappa shape index (κ2) is 17.3. The zero-order valence-electron chi connectivity index (χ0n) is 29.4. The second-order valence-electron chi connectivity index (χ2n) is 12.0. The molecule has 6 aromatic rings. The predicted octanol–water partition coefficient (Wildman–Crippen LogP) is 8.65. The maximum Gasteiger partial charge on any atom is 0.336 e. The van der Waals surface area contributed by atoms with E-state index in [1.165, 1.54) is 18.2 Å².